The lowest BCUT2D eigenvalue weighted by atomic mass is 10.0. The van der Waals surface area contributed by atoms with Gasteiger partial charge < -0.3 is 33.7 Å². The maximum Gasteiger partial charge on any atom is 0.231 e. The molecule has 3 aliphatic rings. The molecular formula is C31H49NO7. The molecule has 0 spiro atoms. The highest BCUT2D eigenvalue weighted by Crippen LogP contribution is 2.45. The molecule has 0 bridgehead atoms. The summed E-state index contributed by atoms with van der Waals surface area (Å²) in [4.78, 5) is 12.9. The van der Waals surface area contributed by atoms with Crippen molar-refractivity contribution in [3.63, 3.8) is 0 Å². The monoisotopic (exact) mass is 547 g/mol. The third-order valence-corrected chi connectivity index (χ3v) is 7.83. The zero-order valence-electron chi connectivity index (χ0n) is 24.4. The molecule has 39 heavy (non-hydrogen) atoms. The molecular weight excluding hydrogens is 498 g/mol. The molecule has 2 fully saturated rings. The minimum atomic E-state index is -1.02. The van der Waals surface area contributed by atoms with Gasteiger partial charge in [-0.05, 0) is 51.3 Å². The van der Waals surface area contributed by atoms with Crippen molar-refractivity contribution in [3.05, 3.63) is 23.8 Å². The molecule has 3 heterocycles. The standard InChI is InChI=1S/C31H49NO7/c1-5-6-7-8-9-10-11-12-13-14-19-34-21-31-29(38-30(3,4)39-31)28(23(2)37-31)32-27(33)18-16-24-15-17-25-26(20-24)36-22-35-25/h15,17,20,23,28-29H,5-14,16,18-19,21-22H2,1-4H3,(H,32,33)/t23-,28+,29-,31-/m0/s1. The highest BCUT2D eigenvalue weighted by molar-refractivity contribution is 5.76. The van der Waals surface area contributed by atoms with E-state index in [1.165, 1.54) is 57.8 Å². The normalized spacial score (nSPS) is 26.6. The van der Waals surface area contributed by atoms with Crippen LogP contribution in [0.4, 0.5) is 0 Å². The molecule has 0 aliphatic carbocycles. The van der Waals surface area contributed by atoms with Gasteiger partial charge in [-0.3, -0.25) is 4.79 Å². The molecule has 2 saturated heterocycles. The Morgan fingerprint density at radius 1 is 0.974 bits per heavy atom. The average molecular weight is 548 g/mol. The van der Waals surface area contributed by atoms with Crippen molar-refractivity contribution in [2.24, 2.45) is 0 Å². The number of unbranched alkanes of at least 4 members (excludes halogenated alkanes) is 9. The minimum absolute atomic E-state index is 0.0523. The molecule has 4 atom stereocenters. The number of rotatable bonds is 17. The molecule has 1 aromatic carbocycles. The topological polar surface area (TPSA) is 84.5 Å². The van der Waals surface area contributed by atoms with Gasteiger partial charge in [-0.1, -0.05) is 70.8 Å². The largest absolute Gasteiger partial charge is 0.454 e. The summed E-state index contributed by atoms with van der Waals surface area (Å²) >= 11 is 0. The first kappa shape index (κ1) is 30.1. The van der Waals surface area contributed by atoms with Crippen molar-refractivity contribution in [1.29, 1.82) is 0 Å². The number of benzene rings is 1. The number of hydrogen-bond acceptors (Lipinski definition) is 7. The van der Waals surface area contributed by atoms with Gasteiger partial charge in [0.15, 0.2) is 17.3 Å². The van der Waals surface area contributed by atoms with E-state index in [9.17, 15) is 4.79 Å². The number of amides is 1. The van der Waals surface area contributed by atoms with Crippen LogP contribution in [0.3, 0.4) is 0 Å². The Kier molecular flexibility index (Phi) is 10.9. The van der Waals surface area contributed by atoms with E-state index in [4.69, 9.17) is 28.4 Å². The van der Waals surface area contributed by atoms with Crippen LogP contribution in [-0.2, 0) is 30.2 Å². The summed E-state index contributed by atoms with van der Waals surface area (Å²) in [6.07, 6.45) is 13.1. The summed E-state index contributed by atoms with van der Waals surface area (Å²) in [5.74, 6) is -0.416. The summed E-state index contributed by atoms with van der Waals surface area (Å²) in [6, 6.07) is 5.47. The lowest BCUT2D eigenvalue weighted by Gasteiger charge is -2.28. The van der Waals surface area contributed by atoms with Gasteiger partial charge >= 0.3 is 0 Å². The zero-order chi connectivity index (χ0) is 27.7. The molecule has 1 aromatic rings. The van der Waals surface area contributed by atoms with Crippen LogP contribution in [-0.4, -0.2) is 55.7 Å². The van der Waals surface area contributed by atoms with Crippen LogP contribution in [0.25, 0.3) is 0 Å². The Morgan fingerprint density at radius 3 is 2.41 bits per heavy atom. The number of ether oxygens (including phenoxy) is 6. The second-order valence-corrected chi connectivity index (χ2v) is 11.7. The fourth-order valence-electron chi connectivity index (χ4n) is 5.82. The molecule has 8 nitrogen and oxygen atoms in total. The van der Waals surface area contributed by atoms with E-state index < -0.39 is 17.7 Å². The first-order valence-corrected chi connectivity index (χ1v) is 15.1. The molecule has 8 heteroatoms. The van der Waals surface area contributed by atoms with Crippen LogP contribution in [0, 0.1) is 0 Å². The van der Waals surface area contributed by atoms with Crippen LogP contribution in [0.15, 0.2) is 18.2 Å². The molecule has 220 valence electrons. The van der Waals surface area contributed by atoms with Crippen LogP contribution in [0.1, 0.15) is 104 Å². The molecule has 0 aromatic heterocycles. The van der Waals surface area contributed by atoms with E-state index in [1.54, 1.807) is 0 Å². The second kappa shape index (κ2) is 14.2. The average Bonchev–Trinajstić information content (AvgIpc) is 3.53. The second-order valence-electron chi connectivity index (χ2n) is 11.7. The first-order valence-electron chi connectivity index (χ1n) is 15.1. The van der Waals surface area contributed by atoms with Crippen molar-refractivity contribution in [2.75, 3.05) is 20.0 Å². The van der Waals surface area contributed by atoms with Gasteiger partial charge in [0.2, 0.25) is 18.5 Å². The van der Waals surface area contributed by atoms with Crippen molar-refractivity contribution < 1.29 is 33.2 Å². The minimum Gasteiger partial charge on any atom is -0.454 e. The van der Waals surface area contributed by atoms with Crippen LogP contribution >= 0.6 is 0 Å². The summed E-state index contributed by atoms with van der Waals surface area (Å²) < 4.78 is 35.7. The summed E-state index contributed by atoms with van der Waals surface area (Å²) in [7, 11) is 0. The van der Waals surface area contributed by atoms with Gasteiger partial charge in [-0.2, -0.15) is 0 Å². The lowest BCUT2D eigenvalue weighted by molar-refractivity contribution is -0.274. The van der Waals surface area contributed by atoms with Crippen LogP contribution in [0.5, 0.6) is 11.5 Å². The number of fused-ring (bicyclic) bond motifs is 2. The predicted molar refractivity (Wildman–Crippen MR) is 149 cm³/mol. The van der Waals surface area contributed by atoms with E-state index >= 15 is 0 Å². The SMILES string of the molecule is CCCCCCCCCCCCOC[C@@]12O[C@@H](C)[C@@H](NC(=O)CCc3ccc4c(c3)OCO4)[C@@H]1OC(C)(C)O2. The maximum absolute atomic E-state index is 12.9. The summed E-state index contributed by atoms with van der Waals surface area (Å²) in [6.45, 7) is 9.15. The maximum atomic E-state index is 12.9. The van der Waals surface area contributed by atoms with Gasteiger partial charge in [-0.25, -0.2) is 0 Å². The highest BCUT2D eigenvalue weighted by atomic mass is 16.9. The van der Waals surface area contributed by atoms with Crippen molar-refractivity contribution in [1.82, 2.24) is 5.32 Å². The third-order valence-electron chi connectivity index (χ3n) is 7.83. The van der Waals surface area contributed by atoms with E-state index in [2.05, 4.69) is 12.2 Å². The van der Waals surface area contributed by atoms with E-state index in [0.29, 0.717) is 19.4 Å². The van der Waals surface area contributed by atoms with E-state index in [1.807, 2.05) is 39.0 Å². The summed E-state index contributed by atoms with van der Waals surface area (Å²) in [5, 5.41) is 3.15. The Labute approximate surface area is 234 Å². The number of carbonyl (C=O) groups is 1. The number of aryl methyl sites for hydroxylation is 1. The molecule has 4 rings (SSSR count). The quantitative estimate of drug-likeness (QED) is 0.238. The van der Waals surface area contributed by atoms with Gasteiger partial charge in [0, 0.05) is 13.0 Å². The zero-order valence-corrected chi connectivity index (χ0v) is 24.4. The van der Waals surface area contributed by atoms with Gasteiger partial charge in [-0.15, -0.1) is 0 Å². The Morgan fingerprint density at radius 2 is 1.67 bits per heavy atom. The molecule has 1 N–H and O–H groups in total. The van der Waals surface area contributed by atoms with Gasteiger partial charge in [0.25, 0.3) is 0 Å². The fraction of sp³-hybridized carbons (Fsp3) is 0.774. The molecule has 0 unspecified atom stereocenters. The van der Waals surface area contributed by atoms with E-state index in [-0.39, 0.29) is 31.5 Å². The van der Waals surface area contributed by atoms with Gasteiger partial charge in [0.1, 0.15) is 12.7 Å². The van der Waals surface area contributed by atoms with Crippen molar-refractivity contribution in [2.45, 2.75) is 135 Å². The smallest absolute Gasteiger partial charge is 0.231 e. The number of nitrogens with one attached hydrogen (secondary N) is 1. The van der Waals surface area contributed by atoms with Crippen molar-refractivity contribution >= 4 is 5.91 Å². The molecule has 1 amide bonds. The molecule has 0 radical (unpaired) electrons. The lowest BCUT2D eigenvalue weighted by Crippen LogP contribution is -2.50. The number of hydrogen-bond donors (Lipinski definition) is 1. The first-order chi connectivity index (χ1) is 18.8. The highest BCUT2D eigenvalue weighted by Gasteiger charge is 2.64. The fourth-order valence-corrected chi connectivity index (χ4v) is 5.82. The van der Waals surface area contributed by atoms with Gasteiger partial charge in [0.05, 0.1) is 12.1 Å². The van der Waals surface area contributed by atoms with Crippen LogP contribution < -0.4 is 14.8 Å². The number of carbonyl (C=O) groups excluding carboxylic acids is 1. The van der Waals surface area contributed by atoms with Crippen molar-refractivity contribution in [3.8, 4) is 11.5 Å². The molecule has 0 saturated carbocycles. The molecule has 3 aliphatic heterocycles. The Bertz CT molecular complexity index is 922. The third kappa shape index (κ3) is 8.32. The predicted octanol–water partition coefficient (Wildman–Crippen LogP) is 6.04. The van der Waals surface area contributed by atoms with Crippen LogP contribution in [0.2, 0.25) is 0 Å². The summed E-state index contributed by atoms with van der Waals surface area (Å²) in [5.41, 5.74) is 1.03. The van der Waals surface area contributed by atoms with E-state index in [0.717, 1.165) is 23.5 Å². The Hall–Kier alpha value is -1.87. The Balaban J connectivity index is 1.18.